The monoisotopic (exact) mass is 379 g/mol. The maximum Gasteiger partial charge on any atom is 0.203 e. The van der Waals surface area contributed by atoms with Crippen LogP contribution in [-0.4, -0.2) is 27.1 Å². The average Bonchev–Trinajstić information content (AvgIpc) is 2.71. The van der Waals surface area contributed by atoms with E-state index in [1.54, 1.807) is 12.1 Å². The van der Waals surface area contributed by atoms with Crippen LogP contribution in [-0.2, 0) is 5.54 Å². The Hall–Kier alpha value is -3.05. The van der Waals surface area contributed by atoms with Gasteiger partial charge in [0.1, 0.15) is 0 Å². The van der Waals surface area contributed by atoms with Crippen LogP contribution in [0.5, 0.6) is 17.2 Å². The van der Waals surface area contributed by atoms with E-state index in [0.717, 1.165) is 16.3 Å². The van der Waals surface area contributed by atoms with Crippen molar-refractivity contribution in [2.24, 2.45) is 5.73 Å². The Labute approximate surface area is 165 Å². The van der Waals surface area contributed by atoms with Crippen molar-refractivity contribution in [1.82, 2.24) is 0 Å². The van der Waals surface area contributed by atoms with Gasteiger partial charge in [0, 0.05) is 17.5 Å². The molecule has 0 spiro atoms. The molecule has 1 atom stereocenters. The van der Waals surface area contributed by atoms with Crippen molar-refractivity contribution in [3.63, 3.8) is 0 Å². The highest BCUT2D eigenvalue weighted by Gasteiger charge is 2.28. The number of methoxy groups -OCH3 is 3. The Morgan fingerprint density at radius 2 is 1.54 bits per heavy atom. The van der Waals surface area contributed by atoms with Gasteiger partial charge in [0.15, 0.2) is 17.3 Å². The summed E-state index contributed by atoms with van der Waals surface area (Å²) >= 11 is 0. The third kappa shape index (κ3) is 3.66. The molecule has 0 aliphatic heterocycles. The van der Waals surface area contributed by atoms with Crippen molar-refractivity contribution in [3.05, 3.63) is 65.7 Å². The average molecular weight is 379 g/mol. The largest absolute Gasteiger partial charge is 0.493 e. The standard InChI is InChI=1S/C23H25NO4/c1-23(24,18-11-7-9-15-8-5-6-10-17(15)18)14-19(25)16-12-20(26-2)22(28-4)21(13-16)27-3/h5-13H,14,24H2,1-4H3/t23-/m1/s1. The molecule has 0 radical (unpaired) electrons. The lowest BCUT2D eigenvalue weighted by Gasteiger charge is -2.26. The number of rotatable bonds is 7. The molecule has 0 aliphatic carbocycles. The Morgan fingerprint density at radius 3 is 2.14 bits per heavy atom. The van der Waals surface area contributed by atoms with Gasteiger partial charge in [0.25, 0.3) is 0 Å². The van der Waals surface area contributed by atoms with Gasteiger partial charge in [0.2, 0.25) is 5.75 Å². The third-order valence-corrected chi connectivity index (χ3v) is 4.92. The van der Waals surface area contributed by atoms with Crippen LogP contribution >= 0.6 is 0 Å². The zero-order valence-electron chi connectivity index (χ0n) is 16.6. The Balaban J connectivity index is 1.97. The number of Topliss-reactive ketones (excluding diaryl/α,β-unsaturated/α-hetero) is 1. The number of hydrogen-bond donors (Lipinski definition) is 1. The van der Waals surface area contributed by atoms with Gasteiger partial charge >= 0.3 is 0 Å². The third-order valence-electron chi connectivity index (χ3n) is 4.92. The molecule has 0 fully saturated rings. The molecule has 5 heteroatoms. The minimum Gasteiger partial charge on any atom is -0.493 e. The van der Waals surface area contributed by atoms with Crippen molar-refractivity contribution >= 4 is 16.6 Å². The molecule has 3 rings (SSSR count). The molecule has 0 aromatic heterocycles. The molecular formula is C23H25NO4. The van der Waals surface area contributed by atoms with Crippen LogP contribution < -0.4 is 19.9 Å². The first-order valence-electron chi connectivity index (χ1n) is 9.01. The number of carbonyl (C=O) groups excluding carboxylic acids is 1. The molecule has 2 N–H and O–H groups in total. The number of carbonyl (C=O) groups is 1. The maximum atomic E-state index is 13.1. The number of fused-ring (bicyclic) bond motifs is 1. The summed E-state index contributed by atoms with van der Waals surface area (Å²) in [7, 11) is 4.57. The first-order chi connectivity index (χ1) is 13.4. The minimum absolute atomic E-state index is 0.0998. The van der Waals surface area contributed by atoms with Crippen molar-refractivity contribution in [3.8, 4) is 17.2 Å². The van der Waals surface area contributed by atoms with Crippen LogP contribution in [0, 0.1) is 0 Å². The van der Waals surface area contributed by atoms with Gasteiger partial charge in [-0.15, -0.1) is 0 Å². The summed E-state index contributed by atoms with van der Waals surface area (Å²) in [4.78, 5) is 13.1. The fourth-order valence-electron chi connectivity index (χ4n) is 3.50. The molecule has 3 aromatic carbocycles. The summed E-state index contributed by atoms with van der Waals surface area (Å²) in [6.45, 7) is 1.88. The van der Waals surface area contributed by atoms with Gasteiger partial charge in [-0.1, -0.05) is 42.5 Å². The zero-order chi connectivity index (χ0) is 20.3. The predicted octanol–water partition coefficient (Wildman–Crippen LogP) is 4.31. The lowest BCUT2D eigenvalue weighted by atomic mass is 9.83. The zero-order valence-corrected chi connectivity index (χ0v) is 16.6. The summed E-state index contributed by atoms with van der Waals surface area (Å²) in [5.41, 5.74) is 7.20. The highest BCUT2D eigenvalue weighted by atomic mass is 16.5. The SMILES string of the molecule is COc1cc(C(=O)C[C@@](C)(N)c2cccc3ccccc23)cc(OC)c1OC. The van der Waals surface area contributed by atoms with E-state index in [4.69, 9.17) is 19.9 Å². The lowest BCUT2D eigenvalue weighted by Crippen LogP contribution is -2.35. The normalized spacial score (nSPS) is 13.0. The molecule has 5 nitrogen and oxygen atoms in total. The fourth-order valence-corrected chi connectivity index (χ4v) is 3.50. The highest BCUT2D eigenvalue weighted by molar-refractivity contribution is 5.98. The van der Waals surface area contributed by atoms with E-state index in [-0.39, 0.29) is 12.2 Å². The smallest absolute Gasteiger partial charge is 0.203 e. The highest BCUT2D eigenvalue weighted by Crippen LogP contribution is 2.39. The van der Waals surface area contributed by atoms with Crippen molar-refractivity contribution in [2.45, 2.75) is 18.9 Å². The quantitative estimate of drug-likeness (QED) is 0.619. The number of benzene rings is 3. The Kier molecular flexibility index (Phi) is 5.56. The molecule has 3 aromatic rings. The second-order valence-corrected chi connectivity index (χ2v) is 6.96. The molecule has 0 unspecified atom stereocenters. The molecule has 0 saturated carbocycles. The van der Waals surface area contributed by atoms with Crippen LogP contribution in [0.25, 0.3) is 10.8 Å². The maximum absolute atomic E-state index is 13.1. The number of hydrogen-bond acceptors (Lipinski definition) is 5. The number of ketones is 1. The topological polar surface area (TPSA) is 70.8 Å². The predicted molar refractivity (Wildman–Crippen MR) is 111 cm³/mol. The fraction of sp³-hybridized carbons (Fsp3) is 0.261. The second-order valence-electron chi connectivity index (χ2n) is 6.96. The van der Waals surface area contributed by atoms with E-state index in [2.05, 4.69) is 0 Å². The summed E-state index contributed by atoms with van der Waals surface area (Å²) in [6.07, 6.45) is 0.139. The van der Waals surface area contributed by atoms with Gasteiger partial charge in [0.05, 0.1) is 21.3 Å². The molecule has 0 heterocycles. The number of nitrogens with two attached hydrogens (primary N) is 1. The summed E-state index contributed by atoms with van der Waals surface area (Å²) in [5.74, 6) is 1.23. The van der Waals surface area contributed by atoms with Crippen molar-refractivity contribution in [2.75, 3.05) is 21.3 Å². The van der Waals surface area contributed by atoms with E-state index >= 15 is 0 Å². The molecule has 0 saturated heterocycles. The molecular weight excluding hydrogens is 354 g/mol. The van der Waals surface area contributed by atoms with Crippen LogP contribution in [0.2, 0.25) is 0 Å². The molecule has 0 bridgehead atoms. The first kappa shape index (κ1) is 19.7. The summed E-state index contributed by atoms with van der Waals surface area (Å²) < 4.78 is 16.0. The summed E-state index contributed by atoms with van der Waals surface area (Å²) in [5, 5.41) is 2.14. The summed E-state index contributed by atoms with van der Waals surface area (Å²) in [6, 6.07) is 17.3. The van der Waals surface area contributed by atoms with E-state index < -0.39 is 5.54 Å². The van der Waals surface area contributed by atoms with Gasteiger partial charge < -0.3 is 19.9 Å². The lowest BCUT2D eigenvalue weighted by molar-refractivity contribution is 0.0954. The Morgan fingerprint density at radius 1 is 0.929 bits per heavy atom. The molecule has 0 aliphatic rings. The van der Waals surface area contributed by atoms with Crippen molar-refractivity contribution < 1.29 is 19.0 Å². The van der Waals surface area contributed by atoms with E-state index in [1.807, 2.05) is 49.4 Å². The van der Waals surface area contributed by atoms with Crippen LogP contribution in [0.3, 0.4) is 0 Å². The second kappa shape index (κ2) is 7.90. The van der Waals surface area contributed by atoms with Gasteiger partial charge in [-0.2, -0.15) is 0 Å². The minimum atomic E-state index is -0.835. The van der Waals surface area contributed by atoms with Gasteiger partial charge in [-0.25, -0.2) is 0 Å². The van der Waals surface area contributed by atoms with Gasteiger partial charge in [-0.3, -0.25) is 4.79 Å². The Bertz CT molecular complexity index is 980. The van der Waals surface area contributed by atoms with Crippen molar-refractivity contribution in [1.29, 1.82) is 0 Å². The van der Waals surface area contributed by atoms with Gasteiger partial charge in [-0.05, 0) is 35.4 Å². The molecule has 0 amide bonds. The van der Waals surface area contributed by atoms with E-state index in [0.29, 0.717) is 22.8 Å². The van der Waals surface area contributed by atoms with Crippen LogP contribution in [0.4, 0.5) is 0 Å². The van der Waals surface area contributed by atoms with E-state index in [9.17, 15) is 4.79 Å². The number of ether oxygens (including phenoxy) is 3. The van der Waals surface area contributed by atoms with E-state index in [1.165, 1.54) is 21.3 Å². The first-order valence-corrected chi connectivity index (χ1v) is 9.01. The van der Waals surface area contributed by atoms with Crippen LogP contribution in [0.1, 0.15) is 29.3 Å². The van der Waals surface area contributed by atoms with Crippen LogP contribution in [0.15, 0.2) is 54.6 Å². The molecule has 28 heavy (non-hydrogen) atoms. The molecule has 146 valence electrons.